The SMILES string of the molecule is O[C@@H]1CCN(c2cc(C(F)F)nc(C3CC3)n2)C1. The summed E-state index contributed by atoms with van der Waals surface area (Å²) in [6.45, 7) is 1.12. The lowest BCUT2D eigenvalue weighted by atomic mass is 10.3. The van der Waals surface area contributed by atoms with Gasteiger partial charge in [0.25, 0.3) is 6.43 Å². The average Bonchev–Trinajstić information content (AvgIpc) is 3.11. The Kier molecular flexibility index (Phi) is 2.89. The van der Waals surface area contributed by atoms with Crippen molar-refractivity contribution in [2.24, 2.45) is 0 Å². The van der Waals surface area contributed by atoms with Crippen LogP contribution in [-0.4, -0.2) is 34.3 Å². The second-order valence-electron chi connectivity index (χ2n) is 4.97. The summed E-state index contributed by atoms with van der Waals surface area (Å²) < 4.78 is 25.6. The molecule has 1 saturated carbocycles. The third-order valence-electron chi connectivity index (χ3n) is 3.40. The monoisotopic (exact) mass is 255 g/mol. The van der Waals surface area contributed by atoms with Crippen LogP contribution in [0.2, 0.25) is 0 Å². The first-order valence-electron chi connectivity index (χ1n) is 6.23. The van der Waals surface area contributed by atoms with Crippen molar-refractivity contribution >= 4 is 5.82 Å². The van der Waals surface area contributed by atoms with Gasteiger partial charge in [-0.15, -0.1) is 0 Å². The van der Waals surface area contributed by atoms with E-state index >= 15 is 0 Å². The minimum atomic E-state index is -2.57. The van der Waals surface area contributed by atoms with E-state index in [0.717, 1.165) is 12.8 Å². The van der Waals surface area contributed by atoms with E-state index in [9.17, 15) is 13.9 Å². The summed E-state index contributed by atoms with van der Waals surface area (Å²) in [6.07, 6.45) is -0.341. The van der Waals surface area contributed by atoms with Crippen LogP contribution in [-0.2, 0) is 0 Å². The second kappa shape index (κ2) is 4.42. The summed E-state index contributed by atoms with van der Waals surface area (Å²) in [5, 5.41) is 9.50. The van der Waals surface area contributed by atoms with Crippen LogP contribution in [0.4, 0.5) is 14.6 Å². The molecule has 0 bridgehead atoms. The zero-order valence-corrected chi connectivity index (χ0v) is 9.89. The number of rotatable bonds is 3. The van der Waals surface area contributed by atoms with E-state index in [4.69, 9.17) is 0 Å². The van der Waals surface area contributed by atoms with Gasteiger partial charge >= 0.3 is 0 Å². The summed E-state index contributed by atoms with van der Waals surface area (Å²) >= 11 is 0. The first-order valence-corrected chi connectivity index (χ1v) is 6.23. The van der Waals surface area contributed by atoms with Crippen molar-refractivity contribution in [1.82, 2.24) is 9.97 Å². The van der Waals surface area contributed by atoms with E-state index in [1.165, 1.54) is 6.07 Å². The number of nitrogens with zero attached hydrogens (tertiary/aromatic N) is 3. The fraction of sp³-hybridized carbons (Fsp3) is 0.667. The van der Waals surface area contributed by atoms with Crippen LogP contribution in [0.15, 0.2) is 6.07 Å². The molecule has 6 heteroatoms. The van der Waals surface area contributed by atoms with Crippen molar-refractivity contribution in [3.8, 4) is 0 Å². The Labute approximate surface area is 104 Å². The minimum absolute atomic E-state index is 0.205. The molecule has 98 valence electrons. The normalized spacial score (nSPS) is 24.0. The van der Waals surface area contributed by atoms with Gasteiger partial charge in [0, 0.05) is 25.1 Å². The first kappa shape index (κ1) is 11.8. The zero-order chi connectivity index (χ0) is 12.7. The second-order valence-corrected chi connectivity index (χ2v) is 4.97. The Morgan fingerprint density at radius 2 is 2.06 bits per heavy atom. The van der Waals surface area contributed by atoms with Gasteiger partial charge in [-0.3, -0.25) is 0 Å². The maximum absolute atomic E-state index is 12.8. The molecular formula is C12H15F2N3O. The van der Waals surface area contributed by atoms with E-state index < -0.39 is 6.43 Å². The van der Waals surface area contributed by atoms with Crippen molar-refractivity contribution in [1.29, 1.82) is 0 Å². The van der Waals surface area contributed by atoms with E-state index in [0.29, 0.717) is 31.2 Å². The van der Waals surface area contributed by atoms with E-state index in [1.54, 1.807) is 0 Å². The highest BCUT2D eigenvalue weighted by atomic mass is 19.3. The van der Waals surface area contributed by atoms with Gasteiger partial charge < -0.3 is 10.0 Å². The Hall–Kier alpha value is -1.30. The number of alkyl halides is 2. The van der Waals surface area contributed by atoms with Gasteiger partial charge in [-0.1, -0.05) is 0 Å². The highest BCUT2D eigenvalue weighted by Gasteiger charge is 2.30. The average molecular weight is 255 g/mol. The summed E-state index contributed by atoms with van der Waals surface area (Å²) in [7, 11) is 0. The van der Waals surface area contributed by atoms with Crippen LogP contribution >= 0.6 is 0 Å². The molecule has 2 heterocycles. The highest BCUT2D eigenvalue weighted by Crippen LogP contribution is 2.39. The fourth-order valence-corrected chi connectivity index (χ4v) is 2.22. The lowest BCUT2D eigenvalue weighted by Gasteiger charge is -2.18. The molecule has 0 aromatic carbocycles. The van der Waals surface area contributed by atoms with Crippen LogP contribution in [0.1, 0.15) is 43.1 Å². The largest absolute Gasteiger partial charge is 0.391 e. The quantitative estimate of drug-likeness (QED) is 0.895. The number of halogens is 2. The Morgan fingerprint density at radius 1 is 1.28 bits per heavy atom. The van der Waals surface area contributed by atoms with Crippen LogP contribution in [0, 0.1) is 0 Å². The predicted molar refractivity (Wildman–Crippen MR) is 61.8 cm³/mol. The molecule has 0 spiro atoms. The lowest BCUT2D eigenvalue weighted by molar-refractivity contribution is 0.145. The highest BCUT2D eigenvalue weighted by molar-refractivity contribution is 5.42. The molecule has 2 fully saturated rings. The summed E-state index contributed by atoms with van der Waals surface area (Å²) in [6, 6.07) is 1.34. The molecule has 1 atom stereocenters. The van der Waals surface area contributed by atoms with Gasteiger partial charge in [-0.2, -0.15) is 0 Å². The molecule has 0 amide bonds. The predicted octanol–water partition coefficient (Wildman–Crippen LogP) is 1.86. The van der Waals surface area contributed by atoms with Gasteiger partial charge in [0.15, 0.2) is 0 Å². The molecule has 0 radical (unpaired) electrons. The molecule has 1 aromatic heterocycles. The number of β-amino-alcohol motifs (C(OH)–C–C–N with tert-alkyl or cyclic N) is 1. The van der Waals surface area contributed by atoms with Crippen LogP contribution < -0.4 is 4.90 Å². The molecule has 4 nitrogen and oxygen atoms in total. The van der Waals surface area contributed by atoms with Crippen LogP contribution in [0.25, 0.3) is 0 Å². The summed E-state index contributed by atoms with van der Waals surface area (Å²) in [4.78, 5) is 10.2. The van der Waals surface area contributed by atoms with Gasteiger partial charge in [0.1, 0.15) is 17.3 Å². The molecule has 1 saturated heterocycles. The van der Waals surface area contributed by atoms with Crippen LogP contribution in [0.5, 0.6) is 0 Å². The molecule has 1 aliphatic carbocycles. The number of aromatic nitrogens is 2. The molecule has 2 aliphatic rings. The first-order chi connectivity index (χ1) is 8.63. The Morgan fingerprint density at radius 3 is 2.61 bits per heavy atom. The molecule has 0 unspecified atom stereocenters. The molecular weight excluding hydrogens is 240 g/mol. The molecule has 1 aromatic rings. The van der Waals surface area contributed by atoms with Crippen LogP contribution in [0.3, 0.4) is 0 Å². The van der Waals surface area contributed by atoms with Crippen molar-refractivity contribution in [2.45, 2.75) is 37.7 Å². The number of aliphatic hydroxyl groups is 1. The third-order valence-corrected chi connectivity index (χ3v) is 3.40. The van der Waals surface area contributed by atoms with E-state index in [2.05, 4.69) is 9.97 Å². The zero-order valence-electron chi connectivity index (χ0n) is 9.89. The number of anilines is 1. The third kappa shape index (κ3) is 2.29. The maximum atomic E-state index is 12.8. The molecule has 3 rings (SSSR count). The molecule has 1 aliphatic heterocycles. The smallest absolute Gasteiger partial charge is 0.280 e. The standard InChI is InChI=1S/C12H15F2N3O/c13-11(14)9-5-10(17-4-3-8(18)6-17)16-12(15-9)7-1-2-7/h5,7-8,11,18H,1-4,6H2/t8-/m1/s1. The minimum Gasteiger partial charge on any atom is -0.391 e. The number of hydrogen-bond donors (Lipinski definition) is 1. The van der Waals surface area contributed by atoms with E-state index in [1.807, 2.05) is 4.90 Å². The molecule has 1 N–H and O–H groups in total. The van der Waals surface area contributed by atoms with E-state index in [-0.39, 0.29) is 17.7 Å². The van der Waals surface area contributed by atoms with Crippen molar-refractivity contribution < 1.29 is 13.9 Å². The maximum Gasteiger partial charge on any atom is 0.280 e. The summed E-state index contributed by atoms with van der Waals surface area (Å²) in [5.74, 6) is 1.30. The Balaban J connectivity index is 1.92. The fourth-order valence-electron chi connectivity index (χ4n) is 2.22. The Bertz CT molecular complexity index is 431. The number of aliphatic hydroxyl groups excluding tert-OH is 1. The lowest BCUT2D eigenvalue weighted by Crippen LogP contribution is -2.23. The molecule has 18 heavy (non-hydrogen) atoms. The van der Waals surface area contributed by atoms with Gasteiger partial charge in [-0.25, -0.2) is 18.7 Å². The van der Waals surface area contributed by atoms with Gasteiger partial charge in [0.2, 0.25) is 0 Å². The van der Waals surface area contributed by atoms with Crippen molar-refractivity contribution in [2.75, 3.05) is 18.0 Å². The number of hydrogen-bond acceptors (Lipinski definition) is 4. The van der Waals surface area contributed by atoms with Crippen molar-refractivity contribution in [3.63, 3.8) is 0 Å². The van der Waals surface area contributed by atoms with Gasteiger partial charge in [-0.05, 0) is 19.3 Å². The topological polar surface area (TPSA) is 49.2 Å². The van der Waals surface area contributed by atoms with Crippen molar-refractivity contribution in [3.05, 3.63) is 17.6 Å². The van der Waals surface area contributed by atoms with Gasteiger partial charge in [0.05, 0.1) is 6.10 Å². The summed E-state index contributed by atoms with van der Waals surface area (Å²) in [5.41, 5.74) is -0.205.